The molecule has 2 aliphatic heterocycles. The van der Waals surface area contributed by atoms with Gasteiger partial charge in [0.05, 0.1) is 0 Å². The monoisotopic (exact) mass is 347 g/mol. The van der Waals surface area contributed by atoms with Gasteiger partial charge in [0, 0.05) is 17.5 Å². The predicted molar refractivity (Wildman–Crippen MR) is 99.2 cm³/mol. The Labute approximate surface area is 152 Å². The largest absolute Gasteiger partial charge is 0.300 e. The molecule has 24 heavy (non-hydrogen) atoms. The second-order valence-corrected chi connectivity index (χ2v) is 11.8. The molecule has 0 amide bonds. The van der Waals surface area contributed by atoms with Crippen molar-refractivity contribution in [3.05, 3.63) is 0 Å². The maximum absolute atomic E-state index is 6.95. The SMILES string of the molecule is ClC12CC3CC(C1)C(CCN1CC4CC5CC(C4)CC1C5)C(C3)C2. The molecule has 2 saturated heterocycles. The molecule has 4 atom stereocenters. The predicted octanol–water partition coefficient (Wildman–Crippen LogP) is 5.32. The molecule has 8 rings (SSSR count). The quantitative estimate of drug-likeness (QED) is 0.624. The van der Waals surface area contributed by atoms with Gasteiger partial charge in [0.15, 0.2) is 0 Å². The lowest BCUT2D eigenvalue weighted by Crippen LogP contribution is -2.52. The van der Waals surface area contributed by atoms with Crippen molar-refractivity contribution in [3.8, 4) is 0 Å². The van der Waals surface area contributed by atoms with Crippen LogP contribution in [0, 0.1) is 41.4 Å². The molecule has 8 bridgehead atoms. The van der Waals surface area contributed by atoms with Gasteiger partial charge in [-0.15, -0.1) is 11.6 Å². The van der Waals surface area contributed by atoms with Gasteiger partial charge in [-0.05, 0) is 119 Å². The zero-order chi connectivity index (χ0) is 15.9. The molecule has 6 saturated carbocycles. The van der Waals surface area contributed by atoms with Gasteiger partial charge in [-0.1, -0.05) is 0 Å². The van der Waals surface area contributed by atoms with Crippen LogP contribution in [-0.2, 0) is 0 Å². The van der Waals surface area contributed by atoms with Crippen molar-refractivity contribution in [2.24, 2.45) is 41.4 Å². The van der Waals surface area contributed by atoms with Gasteiger partial charge < -0.3 is 4.90 Å². The van der Waals surface area contributed by atoms with Crippen LogP contribution in [-0.4, -0.2) is 28.9 Å². The standard InChI is InChI=1S/C22H34ClN/c23-22-10-16-6-18(11-22)21(19(7-16)12-22)1-2-24-13-17-4-14-3-15(5-17)9-20(24)8-14/h14-21H,1-13H2. The fourth-order valence-electron chi connectivity index (χ4n) is 8.97. The molecule has 8 aliphatic rings. The van der Waals surface area contributed by atoms with E-state index in [1.165, 1.54) is 64.5 Å². The van der Waals surface area contributed by atoms with Gasteiger partial charge >= 0.3 is 0 Å². The average Bonchev–Trinajstić information content (AvgIpc) is 2.68. The summed E-state index contributed by atoms with van der Waals surface area (Å²) in [5.41, 5.74) is 0. The molecule has 0 aromatic rings. The van der Waals surface area contributed by atoms with Crippen LogP contribution in [0.4, 0.5) is 0 Å². The third kappa shape index (κ3) is 2.43. The third-order valence-electron chi connectivity index (χ3n) is 9.36. The Balaban J connectivity index is 1.14. The van der Waals surface area contributed by atoms with E-state index >= 15 is 0 Å². The highest BCUT2D eigenvalue weighted by molar-refractivity contribution is 6.24. The van der Waals surface area contributed by atoms with Crippen LogP contribution in [0.3, 0.4) is 0 Å². The summed E-state index contributed by atoms with van der Waals surface area (Å²) in [4.78, 5) is 3.21. The first kappa shape index (κ1) is 15.3. The number of hydrogen-bond acceptors (Lipinski definition) is 1. The van der Waals surface area contributed by atoms with E-state index in [2.05, 4.69) is 4.90 Å². The summed E-state index contributed by atoms with van der Waals surface area (Å²) in [5, 5.41) is 0. The third-order valence-corrected chi connectivity index (χ3v) is 9.83. The Morgan fingerprint density at radius 1 is 0.750 bits per heavy atom. The maximum atomic E-state index is 6.95. The number of fused-ring (bicyclic) bond motifs is 1. The van der Waals surface area contributed by atoms with Crippen molar-refractivity contribution in [1.82, 2.24) is 4.90 Å². The number of rotatable bonds is 3. The van der Waals surface area contributed by atoms with E-state index in [4.69, 9.17) is 11.6 Å². The van der Waals surface area contributed by atoms with Gasteiger partial charge in [-0.3, -0.25) is 0 Å². The van der Waals surface area contributed by atoms with Gasteiger partial charge in [-0.2, -0.15) is 0 Å². The van der Waals surface area contributed by atoms with E-state index in [-0.39, 0.29) is 4.87 Å². The van der Waals surface area contributed by atoms with Crippen molar-refractivity contribution >= 4 is 11.6 Å². The number of nitrogens with zero attached hydrogens (tertiary/aromatic N) is 1. The molecule has 4 unspecified atom stereocenters. The van der Waals surface area contributed by atoms with Gasteiger partial charge in [-0.25, -0.2) is 0 Å². The summed E-state index contributed by atoms with van der Waals surface area (Å²) in [6.45, 7) is 2.86. The topological polar surface area (TPSA) is 3.24 Å². The summed E-state index contributed by atoms with van der Waals surface area (Å²) in [7, 11) is 0. The van der Waals surface area contributed by atoms with Gasteiger partial charge in [0.25, 0.3) is 0 Å². The van der Waals surface area contributed by atoms with Crippen LogP contribution < -0.4 is 0 Å². The first-order valence-electron chi connectivity index (χ1n) is 11.1. The zero-order valence-electron chi connectivity index (χ0n) is 15.1. The fourth-order valence-corrected chi connectivity index (χ4v) is 9.59. The molecule has 134 valence electrons. The van der Waals surface area contributed by atoms with Crippen molar-refractivity contribution in [2.45, 2.75) is 81.5 Å². The Morgan fingerprint density at radius 3 is 2.08 bits per heavy atom. The molecule has 2 heteroatoms. The van der Waals surface area contributed by atoms with Crippen LogP contribution in [0.1, 0.15) is 70.6 Å². The van der Waals surface area contributed by atoms with Crippen molar-refractivity contribution in [1.29, 1.82) is 0 Å². The lowest BCUT2D eigenvalue weighted by atomic mass is 9.51. The minimum absolute atomic E-state index is 0.230. The molecule has 8 fully saturated rings. The molecular weight excluding hydrogens is 314 g/mol. The average molecular weight is 348 g/mol. The van der Waals surface area contributed by atoms with Crippen LogP contribution >= 0.6 is 11.6 Å². The summed E-state index contributed by atoms with van der Waals surface area (Å²) in [6.07, 6.45) is 16.4. The van der Waals surface area contributed by atoms with Crippen molar-refractivity contribution < 1.29 is 0 Å². The Kier molecular flexibility index (Phi) is 3.44. The Bertz CT molecular complexity index is 488. The van der Waals surface area contributed by atoms with E-state index in [9.17, 15) is 0 Å². The van der Waals surface area contributed by atoms with Crippen LogP contribution in [0.5, 0.6) is 0 Å². The first-order valence-corrected chi connectivity index (χ1v) is 11.4. The second kappa shape index (κ2) is 5.38. The van der Waals surface area contributed by atoms with E-state index in [0.717, 1.165) is 47.5 Å². The number of alkyl halides is 1. The van der Waals surface area contributed by atoms with Crippen LogP contribution in [0.25, 0.3) is 0 Å². The molecule has 1 nitrogen and oxygen atoms in total. The van der Waals surface area contributed by atoms with Crippen molar-refractivity contribution in [2.75, 3.05) is 13.1 Å². The Hall–Kier alpha value is 0.250. The fraction of sp³-hybridized carbons (Fsp3) is 1.00. The highest BCUT2D eigenvalue weighted by atomic mass is 35.5. The van der Waals surface area contributed by atoms with E-state index in [1.807, 2.05) is 0 Å². The van der Waals surface area contributed by atoms with Crippen molar-refractivity contribution in [3.63, 3.8) is 0 Å². The second-order valence-electron chi connectivity index (χ2n) is 11.0. The lowest BCUT2D eigenvalue weighted by Gasteiger charge is -2.58. The maximum Gasteiger partial charge on any atom is 0.0455 e. The molecule has 0 aromatic carbocycles. The van der Waals surface area contributed by atoms with E-state index in [0.29, 0.717) is 0 Å². The van der Waals surface area contributed by atoms with Gasteiger partial charge in [0.1, 0.15) is 0 Å². The highest BCUT2D eigenvalue weighted by Crippen LogP contribution is 2.61. The molecule has 6 aliphatic carbocycles. The minimum atomic E-state index is 0.230. The summed E-state index contributed by atoms with van der Waals surface area (Å²) in [6, 6.07) is 0.956. The lowest BCUT2D eigenvalue weighted by molar-refractivity contribution is -0.0325. The molecule has 0 spiro atoms. The Morgan fingerprint density at radius 2 is 1.42 bits per heavy atom. The van der Waals surface area contributed by atoms with E-state index in [1.54, 1.807) is 19.3 Å². The molecular formula is C22H34ClN. The summed E-state index contributed by atoms with van der Waals surface area (Å²) >= 11 is 6.95. The molecule has 2 heterocycles. The number of halogens is 1. The molecule has 0 aromatic heterocycles. The smallest absolute Gasteiger partial charge is 0.0455 e. The summed E-state index contributed by atoms with van der Waals surface area (Å²) in [5.74, 6) is 7.20. The minimum Gasteiger partial charge on any atom is -0.300 e. The van der Waals surface area contributed by atoms with Gasteiger partial charge in [0.2, 0.25) is 0 Å². The molecule has 0 radical (unpaired) electrons. The van der Waals surface area contributed by atoms with E-state index < -0.39 is 0 Å². The summed E-state index contributed by atoms with van der Waals surface area (Å²) < 4.78 is 0. The van der Waals surface area contributed by atoms with Crippen LogP contribution in [0.2, 0.25) is 0 Å². The normalized spacial score (nSPS) is 58.4. The zero-order valence-corrected chi connectivity index (χ0v) is 15.9. The van der Waals surface area contributed by atoms with Crippen LogP contribution in [0.15, 0.2) is 0 Å². The number of hydrogen-bond donors (Lipinski definition) is 0. The highest BCUT2D eigenvalue weighted by Gasteiger charge is 2.54. The first-order chi connectivity index (χ1) is 11.6. The molecule has 0 N–H and O–H groups in total.